The maximum atomic E-state index is 13.7. The summed E-state index contributed by atoms with van der Waals surface area (Å²) in [4.78, 5) is 6.45. The molecule has 1 atom stereocenters. The minimum atomic E-state index is -4.45. The molecule has 2 bridgehead atoms. The van der Waals surface area contributed by atoms with Gasteiger partial charge in [-0.1, -0.05) is 23.4 Å². The molecule has 4 fully saturated rings. The van der Waals surface area contributed by atoms with Crippen molar-refractivity contribution in [2.45, 2.75) is 81.0 Å². The van der Waals surface area contributed by atoms with Gasteiger partial charge in [-0.05, 0) is 44.6 Å². The fourth-order valence-electron chi connectivity index (χ4n) is 6.82. The Morgan fingerprint density at radius 1 is 0.944 bits per heavy atom. The van der Waals surface area contributed by atoms with E-state index in [0.717, 1.165) is 50.4 Å². The van der Waals surface area contributed by atoms with E-state index in [0.29, 0.717) is 11.7 Å². The zero-order valence-corrected chi connectivity index (χ0v) is 20.2. The molecule has 0 spiro atoms. The molecule has 5 aliphatic rings. The summed E-state index contributed by atoms with van der Waals surface area (Å²) in [5.74, 6) is -1.28. The first-order chi connectivity index (χ1) is 16.9. The molecule has 36 heavy (non-hydrogen) atoms. The molecule has 4 saturated carbocycles. The molecule has 6 nitrogen and oxygen atoms in total. The van der Waals surface area contributed by atoms with Crippen molar-refractivity contribution in [2.75, 3.05) is 14.1 Å². The molecular weight excluding hydrogens is 481 g/mol. The van der Waals surface area contributed by atoms with Crippen molar-refractivity contribution in [1.29, 1.82) is 0 Å². The first-order valence-electron chi connectivity index (χ1n) is 12.4. The number of benzene rings is 1. The summed E-state index contributed by atoms with van der Waals surface area (Å²) in [6, 6.07) is 5.67. The number of alkyl halides is 5. The van der Waals surface area contributed by atoms with Gasteiger partial charge < -0.3 is 9.42 Å². The summed E-state index contributed by atoms with van der Waals surface area (Å²) < 4.78 is 73.2. The predicted octanol–water partition coefficient (Wildman–Crippen LogP) is 6.08. The lowest BCUT2D eigenvalue weighted by atomic mass is 9.53. The summed E-state index contributed by atoms with van der Waals surface area (Å²) in [6.07, 6.45) is -0.761. The molecule has 2 aromatic rings. The maximum absolute atomic E-state index is 13.7. The summed E-state index contributed by atoms with van der Waals surface area (Å²) in [5, 5.41) is 10.6. The van der Waals surface area contributed by atoms with Crippen molar-refractivity contribution >= 4 is 5.84 Å². The molecule has 0 radical (unpaired) electrons. The van der Waals surface area contributed by atoms with E-state index in [1.165, 1.54) is 12.1 Å². The van der Waals surface area contributed by atoms with Gasteiger partial charge >= 0.3 is 6.18 Å². The number of nitrogens with zero attached hydrogens (tertiary/aromatic N) is 5. The molecule has 7 rings (SSSR count). The predicted molar refractivity (Wildman–Crippen MR) is 120 cm³/mol. The van der Waals surface area contributed by atoms with Crippen molar-refractivity contribution in [3.05, 3.63) is 47.1 Å². The number of halogens is 5. The van der Waals surface area contributed by atoms with Crippen LogP contribution in [0, 0.1) is 5.41 Å². The lowest BCUT2D eigenvalue weighted by Gasteiger charge is -2.52. The molecule has 1 aromatic carbocycles. The largest absolute Gasteiger partial charge is 0.416 e. The van der Waals surface area contributed by atoms with E-state index in [4.69, 9.17) is 9.62 Å². The third kappa shape index (κ3) is 3.52. The first kappa shape index (κ1) is 23.7. The molecule has 4 aliphatic carbocycles. The lowest BCUT2D eigenvalue weighted by molar-refractivity contribution is -0.139. The van der Waals surface area contributed by atoms with Crippen molar-refractivity contribution in [3.63, 3.8) is 0 Å². The van der Waals surface area contributed by atoms with Crippen LogP contribution in [0.5, 0.6) is 0 Å². The normalized spacial score (nSPS) is 32.1. The second-order valence-electron chi connectivity index (χ2n) is 11.0. The van der Waals surface area contributed by atoms with Gasteiger partial charge in [0.1, 0.15) is 12.0 Å². The van der Waals surface area contributed by atoms with Gasteiger partial charge in [-0.15, -0.1) is 0 Å². The second-order valence-corrected chi connectivity index (χ2v) is 11.0. The molecule has 1 unspecified atom stereocenters. The number of fused-ring (bicyclic) bond motifs is 3. The highest BCUT2D eigenvalue weighted by Gasteiger charge is 2.57. The number of hydrogen-bond donors (Lipinski definition) is 0. The molecular formula is C25H28F5N5O. The van der Waals surface area contributed by atoms with Gasteiger partial charge in [0, 0.05) is 49.2 Å². The summed E-state index contributed by atoms with van der Waals surface area (Å²) in [5.41, 5.74) is -0.935. The Kier molecular flexibility index (Phi) is 5.02. The minimum absolute atomic E-state index is 0.187. The van der Waals surface area contributed by atoms with Gasteiger partial charge in [-0.2, -0.15) is 23.3 Å². The van der Waals surface area contributed by atoms with Crippen LogP contribution in [0.15, 0.2) is 33.9 Å². The molecule has 1 aromatic heterocycles. The Bertz CT molecular complexity index is 1170. The van der Waals surface area contributed by atoms with E-state index in [9.17, 15) is 22.0 Å². The van der Waals surface area contributed by atoms with Crippen LogP contribution >= 0.6 is 0 Å². The van der Waals surface area contributed by atoms with Crippen molar-refractivity contribution in [3.8, 4) is 0 Å². The van der Waals surface area contributed by atoms with E-state index in [2.05, 4.69) is 10.1 Å². The van der Waals surface area contributed by atoms with Gasteiger partial charge in [-0.3, -0.25) is 5.01 Å². The van der Waals surface area contributed by atoms with E-state index < -0.39 is 23.8 Å². The van der Waals surface area contributed by atoms with E-state index in [1.807, 2.05) is 11.9 Å². The molecule has 11 heteroatoms. The number of aromatic nitrogens is 2. The van der Waals surface area contributed by atoms with Gasteiger partial charge in [0.15, 0.2) is 5.82 Å². The zero-order valence-electron chi connectivity index (χ0n) is 20.2. The van der Waals surface area contributed by atoms with Gasteiger partial charge in [0.05, 0.1) is 5.56 Å². The number of amidine groups is 1. The van der Waals surface area contributed by atoms with Gasteiger partial charge in [-0.25, -0.2) is 8.78 Å². The Morgan fingerprint density at radius 3 is 2.17 bits per heavy atom. The smallest absolute Gasteiger partial charge is 0.339 e. The Morgan fingerprint density at radius 2 is 1.56 bits per heavy atom. The third-order valence-corrected chi connectivity index (χ3v) is 8.93. The number of hydrazone groups is 1. The fraction of sp³-hybridized carbons (Fsp3) is 0.640. The second kappa shape index (κ2) is 7.64. The molecule has 194 valence electrons. The molecule has 1 aliphatic heterocycles. The highest BCUT2D eigenvalue weighted by atomic mass is 19.4. The fourth-order valence-corrected chi connectivity index (χ4v) is 6.82. The minimum Gasteiger partial charge on any atom is -0.339 e. The van der Waals surface area contributed by atoms with Crippen LogP contribution < -0.4 is 0 Å². The Labute approximate surface area is 205 Å². The average molecular weight is 510 g/mol. The maximum Gasteiger partial charge on any atom is 0.416 e. The number of rotatable bonds is 4. The Balaban J connectivity index is 1.21. The van der Waals surface area contributed by atoms with Gasteiger partial charge in [0.2, 0.25) is 11.8 Å². The van der Waals surface area contributed by atoms with Crippen LogP contribution in [-0.4, -0.2) is 45.9 Å². The highest BCUT2D eigenvalue weighted by Crippen LogP contribution is 2.59. The van der Waals surface area contributed by atoms with Crippen molar-refractivity contribution in [1.82, 2.24) is 20.0 Å². The van der Waals surface area contributed by atoms with Crippen molar-refractivity contribution < 1.29 is 26.5 Å². The highest BCUT2D eigenvalue weighted by molar-refractivity contribution is 5.90. The number of hydrogen-bond acceptors (Lipinski definition) is 6. The average Bonchev–Trinajstić information content (AvgIpc) is 3.43. The van der Waals surface area contributed by atoms with Crippen molar-refractivity contribution in [2.24, 2.45) is 10.5 Å². The SMILES string of the molecule is CN1N=C(C23CCC(c4noc(C5CC(F)(F)C5)n4)(CC2)CC3)N(C)C1c1ccccc1C(F)(F)F. The van der Waals surface area contributed by atoms with Crippen LogP contribution in [0.4, 0.5) is 22.0 Å². The summed E-state index contributed by atoms with van der Waals surface area (Å²) >= 11 is 0. The zero-order chi connectivity index (χ0) is 25.5. The Hall–Kier alpha value is -2.72. The van der Waals surface area contributed by atoms with Crippen LogP contribution in [0.2, 0.25) is 0 Å². The molecule has 0 N–H and O–H groups in total. The van der Waals surface area contributed by atoms with Crippen LogP contribution in [-0.2, 0) is 11.6 Å². The lowest BCUT2D eigenvalue weighted by Crippen LogP contribution is -2.51. The standard InChI is InChI=1S/C25H28F5N5O/c1-34-19(16-5-3-4-6-17(16)25(28,29)30)35(2)32-21(34)23-10-7-22(8-11-23,9-12-23)20-31-18(36-33-20)15-13-24(26,27)14-15/h3-6,15,19H,7-14H2,1-2H3. The first-order valence-corrected chi connectivity index (χ1v) is 12.4. The molecule has 0 saturated heterocycles. The van der Waals surface area contributed by atoms with E-state index >= 15 is 0 Å². The quantitative estimate of drug-likeness (QED) is 0.468. The van der Waals surface area contributed by atoms with Crippen LogP contribution in [0.1, 0.15) is 86.3 Å². The monoisotopic (exact) mass is 509 g/mol. The summed E-state index contributed by atoms with van der Waals surface area (Å²) in [7, 11) is 3.55. The van der Waals surface area contributed by atoms with E-state index in [-0.39, 0.29) is 35.2 Å². The third-order valence-electron chi connectivity index (χ3n) is 8.93. The topological polar surface area (TPSA) is 57.8 Å². The van der Waals surface area contributed by atoms with E-state index in [1.54, 1.807) is 18.1 Å². The van der Waals surface area contributed by atoms with Gasteiger partial charge in [0.25, 0.3) is 0 Å². The van der Waals surface area contributed by atoms with Crippen LogP contribution in [0.25, 0.3) is 0 Å². The summed E-state index contributed by atoms with van der Waals surface area (Å²) in [6.45, 7) is 0. The molecule has 2 heterocycles. The van der Waals surface area contributed by atoms with Crippen LogP contribution in [0.3, 0.4) is 0 Å². The molecule has 0 amide bonds.